The second kappa shape index (κ2) is 5.51. The third-order valence-corrected chi connectivity index (χ3v) is 4.39. The van der Waals surface area contributed by atoms with Crippen LogP contribution in [0, 0.1) is 0 Å². The van der Waals surface area contributed by atoms with Gasteiger partial charge in [-0.2, -0.15) is 0 Å². The van der Waals surface area contributed by atoms with Gasteiger partial charge in [-0.25, -0.2) is 15.0 Å². The van der Waals surface area contributed by atoms with Crippen LogP contribution in [0.15, 0.2) is 58.9 Å². The van der Waals surface area contributed by atoms with Crippen molar-refractivity contribution < 1.29 is 0 Å². The summed E-state index contributed by atoms with van der Waals surface area (Å²) in [6, 6.07) is 9.77. The van der Waals surface area contributed by atoms with Crippen molar-refractivity contribution in [1.82, 2.24) is 19.4 Å². The topological polar surface area (TPSA) is 55.1 Å². The molecule has 108 valence electrons. The number of halogens is 1. The molecule has 0 bridgehead atoms. The Morgan fingerprint density at radius 1 is 1.09 bits per heavy atom. The van der Waals surface area contributed by atoms with Crippen LogP contribution < -0.4 is 5.32 Å². The van der Waals surface area contributed by atoms with Crippen molar-refractivity contribution in [2.75, 3.05) is 5.32 Å². The van der Waals surface area contributed by atoms with Crippen LogP contribution in [-0.4, -0.2) is 19.4 Å². The normalized spacial score (nSPS) is 11.0. The predicted molar refractivity (Wildman–Crippen MR) is 91.5 cm³/mol. The van der Waals surface area contributed by atoms with E-state index in [1.807, 2.05) is 52.5 Å². The summed E-state index contributed by atoms with van der Waals surface area (Å²) in [5, 5.41) is 6.10. The second-order valence-corrected chi connectivity index (χ2v) is 6.28. The Balaban J connectivity index is 1.65. The molecule has 4 aromatic rings. The van der Waals surface area contributed by atoms with Gasteiger partial charge >= 0.3 is 0 Å². The molecule has 0 saturated heterocycles. The maximum Gasteiger partial charge on any atom is 0.187 e. The first kappa shape index (κ1) is 13.4. The largest absolute Gasteiger partial charge is 0.330 e. The van der Waals surface area contributed by atoms with Crippen molar-refractivity contribution in [3.8, 4) is 11.4 Å². The molecule has 0 fully saturated rings. The predicted octanol–water partition coefficient (Wildman–Crippen LogP) is 4.36. The van der Waals surface area contributed by atoms with Gasteiger partial charge in [-0.05, 0) is 40.2 Å². The van der Waals surface area contributed by atoms with Crippen LogP contribution in [-0.2, 0) is 0 Å². The molecule has 5 nitrogen and oxygen atoms in total. The van der Waals surface area contributed by atoms with Gasteiger partial charge in [0.25, 0.3) is 0 Å². The fraction of sp³-hybridized carbons (Fsp3) is 0. The summed E-state index contributed by atoms with van der Waals surface area (Å²) in [4.78, 5) is 13.2. The minimum Gasteiger partial charge on any atom is -0.330 e. The third-order valence-electron chi connectivity index (χ3n) is 3.16. The Morgan fingerprint density at radius 3 is 2.91 bits per heavy atom. The van der Waals surface area contributed by atoms with Crippen molar-refractivity contribution in [2.45, 2.75) is 0 Å². The lowest BCUT2D eigenvalue weighted by Crippen LogP contribution is -1.91. The van der Waals surface area contributed by atoms with E-state index < -0.39 is 0 Å². The molecule has 1 N–H and O–H groups in total. The standard InChI is InChI=1S/C15H10BrN5S/c16-13-5-4-10(7-17-13)19-15-20-11(9-22-15)12-8-18-14-3-1-2-6-21(12)14/h1-9H,(H,19,20). The molecular formula is C15H10BrN5S. The first-order valence-electron chi connectivity index (χ1n) is 6.56. The van der Waals surface area contributed by atoms with E-state index in [4.69, 9.17) is 0 Å². The van der Waals surface area contributed by atoms with E-state index in [1.54, 1.807) is 17.5 Å². The van der Waals surface area contributed by atoms with E-state index in [-0.39, 0.29) is 0 Å². The molecule has 0 saturated carbocycles. The number of hydrogen-bond donors (Lipinski definition) is 1. The highest BCUT2D eigenvalue weighted by molar-refractivity contribution is 9.10. The van der Waals surface area contributed by atoms with Crippen molar-refractivity contribution >= 4 is 43.7 Å². The van der Waals surface area contributed by atoms with E-state index >= 15 is 0 Å². The Hall–Kier alpha value is -2.25. The molecule has 0 aliphatic rings. The van der Waals surface area contributed by atoms with Crippen LogP contribution in [0.3, 0.4) is 0 Å². The maximum atomic E-state index is 4.63. The smallest absolute Gasteiger partial charge is 0.187 e. The number of pyridine rings is 2. The van der Waals surface area contributed by atoms with E-state index in [2.05, 4.69) is 36.2 Å². The number of fused-ring (bicyclic) bond motifs is 1. The lowest BCUT2D eigenvalue weighted by atomic mass is 10.3. The summed E-state index contributed by atoms with van der Waals surface area (Å²) >= 11 is 4.88. The Bertz CT molecular complexity index is 928. The van der Waals surface area contributed by atoms with Crippen LogP contribution >= 0.6 is 27.3 Å². The molecule has 0 aliphatic carbocycles. The zero-order valence-electron chi connectivity index (χ0n) is 11.3. The molecule has 0 aliphatic heterocycles. The third kappa shape index (κ3) is 2.49. The summed E-state index contributed by atoms with van der Waals surface area (Å²) in [6.07, 6.45) is 5.59. The van der Waals surface area contributed by atoms with Crippen molar-refractivity contribution in [2.24, 2.45) is 0 Å². The van der Waals surface area contributed by atoms with E-state index in [0.29, 0.717) is 0 Å². The number of anilines is 2. The van der Waals surface area contributed by atoms with Gasteiger partial charge in [0.05, 0.1) is 23.8 Å². The van der Waals surface area contributed by atoms with E-state index in [9.17, 15) is 0 Å². The summed E-state index contributed by atoms with van der Waals surface area (Å²) in [5.41, 5.74) is 3.70. The fourth-order valence-corrected chi connectivity index (χ4v) is 3.10. The van der Waals surface area contributed by atoms with Crippen LogP contribution in [0.4, 0.5) is 10.8 Å². The maximum absolute atomic E-state index is 4.63. The monoisotopic (exact) mass is 371 g/mol. The van der Waals surface area contributed by atoms with E-state index in [1.165, 1.54) is 0 Å². The zero-order chi connectivity index (χ0) is 14.9. The lowest BCUT2D eigenvalue weighted by molar-refractivity contribution is 1.18. The molecule has 0 aromatic carbocycles. The molecule has 22 heavy (non-hydrogen) atoms. The quantitative estimate of drug-likeness (QED) is 0.543. The minimum absolute atomic E-state index is 0.809. The Labute approximate surface area is 138 Å². The molecule has 0 spiro atoms. The summed E-state index contributed by atoms with van der Waals surface area (Å²) in [5.74, 6) is 0. The molecule has 4 rings (SSSR count). The van der Waals surface area contributed by atoms with Gasteiger partial charge in [-0.1, -0.05) is 6.07 Å². The number of aromatic nitrogens is 4. The van der Waals surface area contributed by atoms with Crippen LogP contribution in [0.2, 0.25) is 0 Å². The van der Waals surface area contributed by atoms with Gasteiger partial charge in [0, 0.05) is 11.6 Å². The summed E-state index contributed by atoms with van der Waals surface area (Å²) in [7, 11) is 0. The number of imidazole rings is 1. The van der Waals surface area contributed by atoms with Gasteiger partial charge < -0.3 is 5.32 Å². The van der Waals surface area contributed by atoms with Crippen molar-refractivity contribution in [3.63, 3.8) is 0 Å². The highest BCUT2D eigenvalue weighted by Gasteiger charge is 2.09. The van der Waals surface area contributed by atoms with Gasteiger partial charge in [-0.15, -0.1) is 11.3 Å². The SMILES string of the molecule is Brc1ccc(Nc2nc(-c3cnc4ccccn34)cs2)cn1. The fourth-order valence-electron chi connectivity index (χ4n) is 2.14. The first-order valence-corrected chi connectivity index (χ1v) is 8.23. The summed E-state index contributed by atoms with van der Waals surface area (Å²) in [6.45, 7) is 0. The highest BCUT2D eigenvalue weighted by atomic mass is 79.9. The van der Waals surface area contributed by atoms with Crippen LogP contribution in [0.1, 0.15) is 0 Å². The van der Waals surface area contributed by atoms with Crippen molar-refractivity contribution in [1.29, 1.82) is 0 Å². The van der Waals surface area contributed by atoms with Crippen LogP contribution in [0.5, 0.6) is 0 Å². The summed E-state index contributed by atoms with van der Waals surface area (Å²) < 4.78 is 2.84. The van der Waals surface area contributed by atoms with Gasteiger partial charge in [-0.3, -0.25) is 4.40 Å². The van der Waals surface area contributed by atoms with E-state index in [0.717, 1.165) is 32.5 Å². The average molecular weight is 372 g/mol. The van der Waals surface area contributed by atoms with Crippen molar-refractivity contribution in [3.05, 3.63) is 58.9 Å². The van der Waals surface area contributed by atoms with Gasteiger partial charge in [0.2, 0.25) is 0 Å². The molecule has 7 heteroatoms. The molecule has 4 aromatic heterocycles. The molecule has 0 atom stereocenters. The number of rotatable bonds is 3. The Kier molecular flexibility index (Phi) is 3.36. The first-order chi connectivity index (χ1) is 10.8. The number of hydrogen-bond acceptors (Lipinski definition) is 5. The number of nitrogens with zero attached hydrogens (tertiary/aromatic N) is 4. The molecule has 0 radical (unpaired) electrons. The van der Waals surface area contributed by atoms with Crippen LogP contribution in [0.25, 0.3) is 17.0 Å². The molecular weight excluding hydrogens is 362 g/mol. The highest BCUT2D eigenvalue weighted by Crippen LogP contribution is 2.27. The Morgan fingerprint density at radius 2 is 2.05 bits per heavy atom. The van der Waals surface area contributed by atoms with Gasteiger partial charge in [0.15, 0.2) is 5.13 Å². The zero-order valence-corrected chi connectivity index (χ0v) is 13.7. The average Bonchev–Trinajstić information content (AvgIpc) is 3.16. The minimum atomic E-state index is 0.809. The molecule has 0 unspecified atom stereocenters. The number of nitrogens with one attached hydrogen (secondary N) is 1. The second-order valence-electron chi connectivity index (χ2n) is 4.60. The van der Waals surface area contributed by atoms with Gasteiger partial charge in [0.1, 0.15) is 15.9 Å². The molecule has 0 amide bonds. The lowest BCUT2D eigenvalue weighted by Gasteiger charge is -2.01. The number of thiazole rings is 1. The molecule has 4 heterocycles.